The van der Waals surface area contributed by atoms with E-state index in [0.717, 1.165) is 18.0 Å². The zero-order valence-corrected chi connectivity index (χ0v) is 6.27. The highest BCUT2D eigenvalue weighted by Crippen LogP contribution is 2.20. The van der Waals surface area contributed by atoms with Crippen molar-refractivity contribution < 1.29 is 9.59 Å². The Bertz CT molecular complexity index is 329. The van der Waals surface area contributed by atoms with Crippen molar-refractivity contribution in [1.29, 1.82) is 0 Å². The van der Waals surface area contributed by atoms with E-state index in [4.69, 9.17) is 0 Å². The van der Waals surface area contributed by atoms with E-state index in [1.165, 1.54) is 0 Å². The average Bonchev–Trinajstić information content (AvgIpc) is 2.34. The van der Waals surface area contributed by atoms with Crippen molar-refractivity contribution in [2.24, 2.45) is 0 Å². The molecular weight excluding hydrogens is 162 g/mol. The van der Waals surface area contributed by atoms with E-state index < -0.39 is 0 Å². The van der Waals surface area contributed by atoms with Crippen LogP contribution in [0.1, 0.15) is 15.2 Å². The van der Waals surface area contributed by atoms with E-state index in [-0.39, 0.29) is 18.0 Å². The molecule has 0 saturated carbocycles. The highest BCUT2D eigenvalue weighted by atomic mass is 32.1. The number of nitrogens with zero attached hydrogens (tertiary/aromatic N) is 1. The van der Waals surface area contributed by atoms with Gasteiger partial charge in [0, 0.05) is 12.0 Å². The lowest BCUT2D eigenvalue weighted by atomic mass is 9.98. The maximum atomic E-state index is 11.0. The minimum atomic E-state index is -0.227. The maximum absolute atomic E-state index is 11.0. The van der Waals surface area contributed by atoms with Crippen LogP contribution in [0.3, 0.4) is 0 Å². The molecule has 1 aliphatic carbocycles. The summed E-state index contributed by atoms with van der Waals surface area (Å²) >= 11 is 1.10. The van der Waals surface area contributed by atoms with Crippen molar-refractivity contribution in [3.8, 4) is 0 Å². The van der Waals surface area contributed by atoms with E-state index in [0.29, 0.717) is 10.4 Å². The van der Waals surface area contributed by atoms with Gasteiger partial charge in [-0.3, -0.25) is 9.59 Å². The predicted octanol–water partition coefficient (Wildman–Crippen LogP) is 0.455. The van der Waals surface area contributed by atoms with Gasteiger partial charge in [0.2, 0.25) is 0 Å². The summed E-state index contributed by atoms with van der Waals surface area (Å²) in [6, 6.07) is 0. The van der Waals surface area contributed by atoms with Gasteiger partial charge in [-0.1, -0.05) is 0 Å². The average molecular weight is 165 g/mol. The fourth-order valence-corrected chi connectivity index (χ4v) is 1.60. The van der Waals surface area contributed by atoms with Crippen LogP contribution < -0.4 is 0 Å². The molecule has 0 spiro atoms. The molecule has 0 bridgehead atoms. The van der Waals surface area contributed by atoms with Gasteiger partial charge in [0.15, 0.2) is 5.78 Å². The summed E-state index contributed by atoms with van der Waals surface area (Å²) < 4.78 is 3.71. The van der Waals surface area contributed by atoms with Crippen LogP contribution >= 0.6 is 11.5 Å². The van der Waals surface area contributed by atoms with Gasteiger partial charge >= 0.3 is 0 Å². The Kier molecular flexibility index (Phi) is 1.35. The van der Waals surface area contributed by atoms with Crippen molar-refractivity contribution in [2.45, 2.75) is 6.42 Å². The summed E-state index contributed by atoms with van der Waals surface area (Å²) in [5.74, 6) is -0.381. The molecular formula is C7H3NO2S. The van der Waals surface area contributed by atoms with Gasteiger partial charge in [0.25, 0.3) is 0 Å². The molecule has 0 unspecified atom stereocenters. The molecule has 11 heavy (non-hydrogen) atoms. The topological polar surface area (TPSA) is 47.0 Å². The molecule has 1 heterocycles. The zero-order chi connectivity index (χ0) is 7.84. The molecule has 0 aromatic carbocycles. The second-order valence-electron chi connectivity index (χ2n) is 2.25. The highest BCUT2D eigenvalue weighted by Gasteiger charge is 2.25. The molecule has 0 N–H and O–H groups in total. The normalized spacial score (nSPS) is 16.7. The summed E-state index contributed by atoms with van der Waals surface area (Å²) in [7, 11) is 0. The number of aromatic nitrogens is 1. The smallest absolute Gasteiger partial charge is 0.186 e. The van der Waals surface area contributed by atoms with Crippen LogP contribution in [0.25, 0.3) is 0 Å². The molecule has 0 saturated heterocycles. The van der Waals surface area contributed by atoms with Crippen molar-refractivity contribution in [2.75, 3.05) is 0 Å². The highest BCUT2D eigenvalue weighted by molar-refractivity contribution is 7.08. The lowest BCUT2D eigenvalue weighted by molar-refractivity contribution is -0.115. The second kappa shape index (κ2) is 2.23. The number of rotatable bonds is 0. The molecule has 2 rings (SSSR count). The van der Waals surface area contributed by atoms with Gasteiger partial charge in [-0.05, 0) is 11.5 Å². The van der Waals surface area contributed by atoms with E-state index in [9.17, 15) is 9.59 Å². The van der Waals surface area contributed by atoms with Crippen LogP contribution in [0.2, 0.25) is 0 Å². The second-order valence-corrected chi connectivity index (χ2v) is 3.03. The molecule has 54 valence electrons. The molecule has 3 nitrogen and oxygen atoms in total. The fraction of sp³-hybridized carbons (Fsp3) is 0.143. The molecule has 0 amide bonds. The Morgan fingerprint density at radius 3 is 3.18 bits per heavy atom. The Labute approximate surface area is 67.2 Å². The minimum absolute atomic E-state index is 0.154. The first-order valence-electron chi connectivity index (χ1n) is 3.05. The molecule has 1 aromatic heterocycles. The van der Waals surface area contributed by atoms with Crippen LogP contribution in [0.15, 0.2) is 0 Å². The van der Waals surface area contributed by atoms with E-state index in [2.05, 4.69) is 10.6 Å². The van der Waals surface area contributed by atoms with Crippen LogP contribution in [0, 0.1) is 12.6 Å². The largest absolute Gasteiger partial charge is 0.298 e. The maximum Gasteiger partial charge on any atom is 0.186 e. The lowest BCUT2D eigenvalue weighted by Gasteiger charge is -2.05. The lowest BCUT2D eigenvalue weighted by Crippen LogP contribution is -2.18. The minimum Gasteiger partial charge on any atom is -0.298 e. The van der Waals surface area contributed by atoms with Crippen molar-refractivity contribution in [3.05, 3.63) is 23.1 Å². The molecule has 2 radical (unpaired) electrons. The van der Waals surface area contributed by atoms with E-state index in [1.807, 2.05) is 0 Å². The quantitative estimate of drug-likeness (QED) is 0.561. The van der Waals surface area contributed by atoms with Gasteiger partial charge in [0.05, 0.1) is 11.3 Å². The van der Waals surface area contributed by atoms with E-state index in [1.54, 1.807) is 0 Å². The fourth-order valence-electron chi connectivity index (χ4n) is 0.980. The van der Waals surface area contributed by atoms with Gasteiger partial charge in [0.1, 0.15) is 12.0 Å². The van der Waals surface area contributed by atoms with Gasteiger partial charge in [-0.15, -0.1) is 0 Å². The molecule has 1 aliphatic rings. The number of hydrogen-bond donors (Lipinski definition) is 0. The first-order chi connectivity index (χ1) is 5.27. The number of fused-ring (bicyclic) bond motifs is 1. The Morgan fingerprint density at radius 1 is 1.55 bits per heavy atom. The first-order valence-corrected chi connectivity index (χ1v) is 3.83. The van der Waals surface area contributed by atoms with Crippen LogP contribution in [0.5, 0.6) is 0 Å². The molecule has 0 atom stereocenters. The third-order valence-corrected chi connectivity index (χ3v) is 2.27. The third-order valence-electron chi connectivity index (χ3n) is 1.46. The molecule has 0 aliphatic heterocycles. The Balaban J connectivity index is 2.52. The summed E-state index contributed by atoms with van der Waals surface area (Å²) in [4.78, 5) is 22.4. The molecule has 0 fully saturated rings. The molecule has 4 heteroatoms. The predicted molar refractivity (Wildman–Crippen MR) is 38.3 cm³/mol. The number of carbonyl (C=O) groups excluding carboxylic acids is 2. The van der Waals surface area contributed by atoms with E-state index >= 15 is 0 Å². The summed E-state index contributed by atoms with van der Waals surface area (Å²) in [6.07, 6.45) is 4.02. The number of hydrogen-bond acceptors (Lipinski definition) is 4. The van der Waals surface area contributed by atoms with Gasteiger partial charge in [-0.2, -0.15) is 4.37 Å². The number of ketones is 2. The standard InChI is InChI=1S/C7H3NO2S/c9-5-1-4-3-8-11-7(4)6(10)2-5/h2H,1H2. The third kappa shape index (κ3) is 0.991. The number of carbonyl (C=O) groups is 2. The Morgan fingerprint density at radius 2 is 2.36 bits per heavy atom. The zero-order valence-electron chi connectivity index (χ0n) is 5.46. The Hall–Kier alpha value is -1.03. The van der Waals surface area contributed by atoms with Gasteiger partial charge < -0.3 is 0 Å². The first kappa shape index (κ1) is 6.67. The van der Waals surface area contributed by atoms with Crippen LogP contribution in [0.4, 0.5) is 0 Å². The monoisotopic (exact) mass is 165 g/mol. The summed E-state index contributed by atoms with van der Waals surface area (Å²) in [5, 5.41) is 0. The summed E-state index contributed by atoms with van der Waals surface area (Å²) in [5.41, 5.74) is 0.646. The van der Waals surface area contributed by atoms with Crippen molar-refractivity contribution in [3.63, 3.8) is 0 Å². The summed E-state index contributed by atoms with van der Waals surface area (Å²) in [6.45, 7) is 0. The molecule has 1 aromatic rings. The van der Waals surface area contributed by atoms with Gasteiger partial charge in [-0.25, -0.2) is 0 Å². The van der Waals surface area contributed by atoms with Crippen LogP contribution in [-0.2, 0) is 11.2 Å². The van der Waals surface area contributed by atoms with Crippen molar-refractivity contribution >= 4 is 23.1 Å². The van der Waals surface area contributed by atoms with Crippen LogP contribution in [-0.4, -0.2) is 15.9 Å². The number of Topliss-reactive ketones (excluding diaryl/α,β-unsaturated/α-hetero) is 2. The van der Waals surface area contributed by atoms with Crippen molar-refractivity contribution in [1.82, 2.24) is 4.37 Å². The SMILES string of the molecule is O=C1[CH]C(=O)c2sn[c]c2C1.